The van der Waals surface area contributed by atoms with Crippen LogP contribution in [0.2, 0.25) is 15.1 Å². The molecule has 1 aromatic carbocycles. The van der Waals surface area contributed by atoms with Gasteiger partial charge in [-0.15, -0.1) is 0 Å². The van der Waals surface area contributed by atoms with Crippen molar-refractivity contribution >= 4 is 34.8 Å². The molecule has 0 fully saturated rings. The van der Waals surface area contributed by atoms with Gasteiger partial charge in [0.15, 0.2) is 0 Å². The zero-order valence-electron chi connectivity index (χ0n) is 8.66. The molecule has 1 heterocycles. The number of hydrogen-bond donors (Lipinski definition) is 0. The van der Waals surface area contributed by atoms with Gasteiger partial charge < -0.3 is 4.57 Å². The minimum absolute atomic E-state index is 0.101. The van der Waals surface area contributed by atoms with E-state index in [0.717, 1.165) is 5.56 Å². The zero-order valence-corrected chi connectivity index (χ0v) is 10.9. The van der Waals surface area contributed by atoms with Gasteiger partial charge in [-0.1, -0.05) is 53.0 Å². The van der Waals surface area contributed by atoms with Gasteiger partial charge >= 0.3 is 0 Å². The van der Waals surface area contributed by atoms with Crippen molar-refractivity contribution in [1.29, 1.82) is 0 Å². The highest BCUT2D eigenvalue weighted by Crippen LogP contribution is 2.17. The van der Waals surface area contributed by atoms with Crippen LogP contribution >= 0.6 is 34.8 Å². The van der Waals surface area contributed by atoms with E-state index in [4.69, 9.17) is 34.8 Å². The van der Waals surface area contributed by atoms with Crippen LogP contribution in [0.15, 0.2) is 41.3 Å². The Labute approximate surface area is 113 Å². The molecule has 2 aromatic rings. The number of pyridine rings is 1. The molecule has 0 atom stereocenters. The predicted octanol–water partition coefficient (Wildman–Crippen LogP) is 3.86. The van der Waals surface area contributed by atoms with E-state index in [-0.39, 0.29) is 10.6 Å². The Balaban J connectivity index is 2.44. The van der Waals surface area contributed by atoms with E-state index in [9.17, 15) is 4.79 Å². The zero-order chi connectivity index (χ0) is 12.4. The van der Waals surface area contributed by atoms with Crippen molar-refractivity contribution in [1.82, 2.24) is 4.57 Å². The van der Waals surface area contributed by atoms with Crippen molar-refractivity contribution in [3.8, 4) is 0 Å². The minimum Gasteiger partial charge on any atom is -0.308 e. The largest absolute Gasteiger partial charge is 0.308 e. The van der Waals surface area contributed by atoms with Crippen molar-refractivity contribution in [2.45, 2.75) is 6.54 Å². The fraction of sp³-hybridized carbons (Fsp3) is 0.0833. The number of hydrogen-bond acceptors (Lipinski definition) is 1. The molecule has 0 saturated carbocycles. The van der Waals surface area contributed by atoms with Gasteiger partial charge in [0.05, 0.1) is 11.6 Å². The first-order chi connectivity index (χ1) is 8.08. The lowest BCUT2D eigenvalue weighted by Crippen LogP contribution is -2.20. The van der Waals surface area contributed by atoms with E-state index in [1.54, 1.807) is 12.3 Å². The Hall–Kier alpha value is -0.960. The van der Waals surface area contributed by atoms with E-state index in [1.807, 2.05) is 18.2 Å². The van der Waals surface area contributed by atoms with Crippen LogP contribution in [0.5, 0.6) is 0 Å². The number of aromatic nitrogens is 1. The first-order valence-corrected chi connectivity index (χ1v) is 6.00. The SMILES string of the molecule is O=c1c(Cl)cc(Cl)cn1Cc1ccccc1Cl. The predicted molar refractivity (Wildman–Crippen MR) is 71.3 cm³/mol. The van der Waals surface area contributed by atoms with Gasteiger partial charge in [-0.2, -0.15) is 0 Å². The van der Waals surface area contributed by atoms with Crippen LogP contribution in [0.25, 0.3) is 0 Å². The third-order valence-electron chi connectivity index (χ3n) is 2.31. The molecule has 0 aliphatic rings. The van der Waals surface area contributed by atoms with Crippen LogP contribution in [0.1, 0.15) is 5.56 Å². The Kier molecular flexibility index (Phi) is 3.77. The summed E-state index contributed by atoms with van der Waals surface area (Å²) in [5, 5.41) is 1.13. The number of benzene rings is 1. The molecule has 0 unspecified atom stereocenters. The second kappa shape index (κ2) is 5.13. The molecule has 1 aromatic heterocycles. The molecule has 2 rings (SSSR count). The third kappa shape index (κ3) is 2.83. The van der Waals surface area contributed by atoms with Crippen molar-refractivity contribution in [2.24, 2.45) is 0 Å². The molecule has 0 amide bonds. The summed E-state index contributed by atoms with van der Waals surface area (Å²) < 4.78 is 1.44. The highest BCUT2D eigenvalue weighted by atomic mass is 35.5. The van der Waals surface area contributed by atoms with Gasteiger partial charge in [-0.05, 0) is 17.7 Å². The fourth-order valence-electron chi connectivity index (χ4n) is 1.49. The van der Waals surface area contributed by atoms with E-state index in [2.05, 4.69) is 0 Å². The second-order valence-electron chi connectivity index (χ2n) is 3.53. The van der Waals surface area contributed by atoms with E-state index in [1.165, 1.54) is 10.6 Å². The smallest absolute Gasteiger partial charge is 0.269 e. The molecule has 0 aliphatic heterocycles. The Morgan fingerprint density at radius 2 is 1.76 bits per heavy atom. The van der Waals surface area contributed by atoms with Crippen LogP contribution in [0, 0.1) is 0 Å². The van der Waals surface area contributed by atoms with Crippen molar-refractivity contribution in [3.05, 3.63) is 67.5 Å². The summed E-state index contributed by atoms with van der Waals surface area (Å²) in [5.41, 5.74) is 0.561. The lowest BCUT2D eigenvalue weighted by Gasteiger charge is -2.08. The van der Waals surface area contributed by atoms with Crippen molar-refractivity contribution < 1.29 is 0 Å². The minimum atomic E-state index is -0.281. The number of nitrogens with zero attached hydrogens (tertiary/aromatic N) is 1. The standard InChI is InChI=1S/C12H8Cl3NO/c13-9-5-11(15)12(17)16(7-9)6-8-3-1-2-4-10(8)14/h1-5,7H,6H2. The second-order valence-corrected chi connectivity index (χ2v) is 4.78. The van der Waals surface area contributed by atoms with Crippen LogP contribution < -0.4 is 5.56 Å². The average molecular weight is 289 g/mol. The van der Waals surface area contributed by atoms with Crippen LogP contribution in [0.3, 0.4) is 0 Å². The first-order valence-electron chi connectivity index (χ1n) is 4.87. The molecule has 2 nitrogen and oxygen atoms in total. The molecular weight excluding hydrogens is 280 g/mol. The van der Waals surface area contributed by atoms with E-state index in [0.29, 0.717) is 16.6 Å². The summed E-state index contributed by atoms with van der Waals surface area (Å²) in [4.78, 5) is 11.8. The molecule has 0 saturated heterocycles. The maximum absolute atomic E-state index is 11.8. The molecule has 0 spiro atoms. The summed E-state index contributed by atoms with van der Waals surface area (Å²) in [6.45, 7) is 0.346. The lowest BCUT2D eigenvalue weighted by molar-refractivity contribution is 0.760. The van der Waals surface area contributed by atoms with Crippen molar-refractivity contribution in [3.63, 3.8) is 0 Å². The Morgan fingerprint density at radius 1 is 1.06 bits per heavy atom. The van der Waals surface area contributed by atoms with Crippen molar-refractivity contribution in [2.75, 3.05) is 0 Å². The van der Waals surface area contributed by atoms with E-state index >= 15 is 0 Å². The molecule has 17 heavy (non-hydrogen) atoms. The maximum atomic E-state index is 11.8. The van der Waals surface area contributed by atoms with E-state index < -0.39 is 0 Å². The Bertz CT molecular complexity index is 607. The number of halogens is 3. The molecular formula is C12H8Cl3NO. The topological polar surface area (TPSA) is 22.0 Å². The number of rotatable bonds is 2. The van der Waals surface area contributed by atoms with Gasteiger partial charge in [-0.25, -0.2) is 0 Å². The maximum Gasteiger partial charge on any atom is 0.269 e. The van der Waals surface area contributed by atoms with Crippen LogP contribution in [-0.4, -0.2) is 4.57 Å². The summed E-state index contributed by atoms with van der Waals surface area (Å²) in [6, 6.07) is 8.74. The molecule has 88 valence electrons. The molecule has 5 heteroatoms. The van der Waals surface area contributed by atoms with Gasteiger partial charge in [0, 0.05) is 11.2 Å². The Morgan fingerprint density at radius 3 is 2.47 bits per heavy atom. The van der Waals surface area contributed by atoms with Gasteiger partial charge in [0.1, 0.15) is 5.02 Å². The molecule has 0 N–H and O–H groups in total. The summed E-state index contributed by atoms with van der Waals surface area (Å²) >= 11 is 17.7. The molecule has 0 bridgehead atoms. The van der Waals surface area contributed by atoms with Gasteiger partial charge in [0.25, 0.3) is 5.56 Å². The average Bonchev–Trinajstić information content (AvgIpc) is 2.28. The van der Waals surface area contributed by atoms with Crippen LogP contribution in [0.4, 0.5) is 0 Å². The van der Waals surface area contributed by atoms with Gasteiger partial charge in [0.2, 0.25) is 0 Å². The summed E-state index contributed by atoms with van der Waals surface area (Å²) in [6.07, 6.45) is 1.54. The first kappa shape index (κ1) is 12.5. The van der Waals surface area contributed by atoms with Gasteiger partial charge in [-0.3, -0.25) is 4.79 Å². The normalized spacial score (nSPS) is 10.5. The quantitative estimate of drug-likeness (QED) is 0.822. The lowest BCUT2D eigenvalue weighted by atomic mass is 10.2. The monoisotopic (exact) mass is 287 g/mol. The molecule has 0 radical (unpaired) electrons. The molecule has 0 aliphatic carbocycles. The van der Waals surface area contributed by atoms with Crippen LogP contribution in [-0.2, 0) is 6.54 Å². The summed E-state index contributed by atoms with van der Waals surface area (Å²) in [7, 11) is 0. The fourth-order valence-corrected chi connectivity index (χ4v) is 2.20. The summed E-state index contributed by atoms with van der Waals surface area (Å²) in [5.74, 6) is 0. The highest BCUT2D eigenvalue weighted by Gasteiger charge is 2.06. The highest BCUT2D eigenvalue weighted by molar-refractivity contribution is 6.34. The third-order valence-corrected chi connectivity index (χ3v) is 3.15.